The van der Waals surface area contributed by atoms with Gasteiger partial charge in [-0.1, -0.05) is 251 Å². The summed E-state index contributed by atoms with van der Waals surface area (Å²) in [6, 6.07) is 0. The van der Waals surface area contributed by atoms with Crippen molar-refractivity contribution in [3.05, 3.63) is 6.42 Å². The van der Waals surface area contributed by atoms with Crippen LogP contribution in [-0.2, 0) is 0 Å². The number of unbranched alkanes of at least 4 members (excludes halogenated alkanes) is 37. The Bertz CT molecular complexity index is 361. The van der Waals surface area contributed by atoms with E-state index in [2.05, 4.69) is 20.3 Å². The SMILES string of the molecule is CCCCCCCCCCCCCCCCCC[CH]CCCCCCCCCCCCCCCCCCCCC. The van der Waals surface area contributed by atoms with Crippen molar-refractivity contribution < 1.29 is 0 Å². The van der Waals surface area contributed by atoms with Crippen molar-refractivity contribution in [3.63, 3.8) is 0 Å². The van der Waals surface area contributed by atoms with Gasteiger partial charge < -0.3 is 0 Å². The minimum Gasteiger partial charge on any atom is -0.0654 e. The van der Waals surface area contributed by atoms with E-state index in [0.29, 0.717) is 0 Å². The Morgan fingerprint density at radius 1 is 0.200 bits per heavy atom. The zero-order valence-electron chi connectivity index (χ0n) is 28.7. The second kappa shape index (κ2) is 39.0. The van der Waals surface area contributed by atoms with Gasteiger partial charge in [-0.15, -0.1) is 0 Å². The van der Waals surface area contributed by atoms with Gasteiger partial charge in [0.2, 0.25) is 0 Å². The van der Waals surface area contributed by atoms with Gasteiger partial charge in [-0.3, -0.25) is 0 Å². The van der Waals surface area contributed by atoms with Gasteiger partial charge in [0.1, 0.15) is 0 Å². The molecule has 40 heavy (non-hydrogen) atoms. The van der Waals surface area contributed by atoms with Crippen LogP contribution >= 0.6 is 0 Å². The molecule has 0 fully saturated rings. The lowest BCUT2D eigenvalue weighted by molar-refractivity contribution is 0.521. The van der Waals surface area contributed by atoms with Gasteiger partial charge in [0.25, 0.3) is 0 Å². The summed E-state index contributed by atoms with van der Waals surface area (Å²) in [6.07, 6.45) is 56.9. The largest absolute Gasteiger partial charge is 0.0654 e. The summed E-state index contributed by atoms with van der Waals surface area (Å²) in [5.74, 6) is 0. The van der Waals surface area contributed by atoms with Crippen LogP contribution in [0.1, 0.15) is 251 Å². The standard InChI is InChI=1S/C40H81/c1-3-5-7-9-11-13-15-17-19-21-23-25-27-29-31-33-35-37-39-40-38-36-34-32-30-28-26-24-22-20-18-16-14-12-10-8-6-4-2/h37H,3-36,38-40H2,1-2H3. The third-order valence-electron chi connectivity index (χ3n) is 9.27. The molecule has 0 bridgehead atoms. The van der Waals surface area contributed by atoms with Crippen LogP contribution in [0.4, 0.5) is 0 Å². The minimum absolute atomic E-state index is 1.37. The summed E-state index contributed by atoms with van der Waals surface area (Å²) in [5, 5.41) is 0. The van der Waals surface area contributed by atoms with Crippen LogP contribution in [0, 0.1) is 6.42 Å². The molecule has 0 aliphatic rings. The molecule has 0 aromatic heterocycles. The zero-order chi connectivity index (χ0) is 28.9. The Morgan fingerprint density at radius 3 is 0.525 bits per heavy atom. The van der Waals surface area contributed by atoms with Gasteiger partial charge >= 0.3 is 0 Å². The lowest BCUT2D eigenvalue weighted by Crippen LogP contribution is -1.85. The Morgan fingerprint density at radius 2 is 0.350 bits per heavy atom. The maximum Gasteiger partial charge on any atom is -0.0386 e. The quantitative estimate of drug-likeness (QED) is 0.0661. The lowest BCUT2D eigenvalue weighted by Gasteiger charge is -2.05. The molecule has 0 nitrogen and oxygen atoms in total. The molecule has 0 heterocycles. The smallest absolute Gasteiger partial charge is 0.0386 e. The molecule has 0 spiro atoms. The van der Waals surface area contributed by atoms with Crippen LogP contribution < -0.4 is 0 Å². The first-order chi connectivity index (χ1) is 19.9. The highest BCUT2D eigenvalue weighted by Crippen LogP contribution is 2.17. The van der Waals surface area contributed by atoms with Crippen LogP contribution in [0.5, 0.6) is 0 Å². The highest BCUT2D eigenvalue weighted by Gasteiger charge is 1.97. The Labute approximate surface area is 257 Å². The fourth-order valence-corrected chi connectivity index (χ4v) is 6.35. The summed E-state index contributed by atoms with van der Waals surface area (Å²) >= 11 is 0. The van der Waals surface area contributed by atoms with E-state index in [1.807, 2.05) is 0 Å². The molecule has 0 atom stereocenters. The molecule has 0 N–H and O–H groups in total. The highest BCUT2D eigenvalue weighted by molar-refractivity contribution is 4.65. The van der Waals surface area contributed by atoms with Crippen molar-refractivity contribution in [2.24, 2.45) is 0 Å². The molecule has 0 unspecified atom stereocenters. The zero-order valence-corrected chi connectivity index (χ0v) is 28.7. The van der Waals surface area contributed by atoms with Crippen LogP contribution in [0.2, 0.25) is 0 Å². The van der Waals surface area contributed by atoms with Crippen molar-refractivity contribution in [1.29, 1.82) is 0 Å². The predicted octanol–water partition coefficient (Wildman–Crippen LogP) is 15.7. The first kappa shape index (κ1) is 40.0. The van der Waals surface area contributed by atoms with Crippen molar-refractivity contribution in [3.8, 4) is 0 Å². The third-order valence-corrected chi connectivity index (χ3v) is 9.27. The number of rotatable bonds is 37. The molecule has 0 rings (SSSR count). The normalized spacial score (nSPS) is 11.6. The summed E-state index contributed by atoms with van der Waals surface area (Å²) in [6.45, 7) is 4.62. The van der Waals surface area contributed by atoms with Crippen molar-refractivity contribution >= 4 is 0 Å². The van der Waals surface area contributed by atoms with Gasteiger partial charge in [0.05, 0.1) is 0 Å². The van der Waals surface area contributed by atoms with Gasteiger partial charge in [0.15, 0.2) is 0 Å². The van der Waals surface area contributed by atoms with E-state index in [9.17, 15) is 0 Å². The molecule has 0 saturated carbocycles. The maximum absolute atomic E-state index is 2.59. The van der Waals surface area contributed by atoms with Crippen LogP contribution in [0.3, 0.4) is 0 Å². The van der Waals surface area contributed by atoms with Crippen molar-refractivity contribution in [1.82, 2.24) is 0 Å². The van der Waals surface area contributed by atoms with E-state index in [-0.39, 0.29) is 0 Å². The number of hydrogen-bond donors (Lipinski definition) is 0. The van der Waals surface area contributed by atoms with Crippen LogP contribution in [-0.4, -0.2) is 0 Å². The molecule has 0 aliphatic carbocycles. The highest BCUT2D eigenvalue weighted by atomic mass is 14.0. The molecule has 0 aromatic carbocycles. The van der Waals surface area contributed by atoms with E-state index in [0.717, 1.165) is 0 Å². The van der Waals surface area contributed by atoms with Crippen molar-refractivity contribution in [2.45, 2.75) is 251 Å². The van der Waals surface area contributed by atoms with E-state index in [1.54, 1.807) is 0 Å². The van der Waals surface area contributed by atoms with Gasteiger partial charge in [0, 0.05) is 0 Å². The number of hydrogen-bond acceptors (Lipinski definition) is 0. The molecule has 241 valence electrons. The average Bonchev–Trinajstić information content (AvgIpc) is 2.97. The summed E-state index contributed by atoms with van der Waals surface area (Å²) < 4.78 is 0. The fourth-order valence-electron chi connectivity index (χ4n) is 6.35. The lowest BCUT2D eigenvalue weighted by atomic mass is 10.0. The summed E-state index contributed by atoms with van der Waals surface area (Å²) in [5.41, 5.74) is 0. The third kappa shape index (κ3) is 38.0. The Hall–Kier alpha value is 0. The second-order valence-corrected chi connectivity index (χ2v) is 13.5. The van der Waals surface area contributed by atoms with Gasteiger partial charge in [-0.05, 0) is 6.42 Å². The molecule has 0 aliphatic heterocycles. The molecular weight excluding hydrogens is 480 g/mol. The first-order valence-electron chi connectivity index (χ1n) is 19.7. The molecule has 1 radical (unpaired) electrons. The second-order valence-electron chi connectivity index (χ2n) is 13.5. The first-order valence-corrected chi connectivity index (χ1v) is 19.7. The molecule has 0 heteroatoms. The molecule has 0 aromatic rings. The average molecular weight is 562 g/mol. The van der Waals surface area contributed by atoms with E-state index < -0.39 is 0 Å². The Kier molecular flexibility index (Phi) is 39.0. The van der Waals surface area contributed by atoms with Gasteiger partial charge in [-0.2, -0.15) is 0 Å². The van der Waals surface area contributed by atoms with Crippen LogP contribution in [0.15, 0.2) is 0 Å². The predicted molar refractivity (Wildman–Crippen MR) is 186 cm³/mol. The molecule has 0 amide bonds. The van der Waals surface area contributed by atoms with E-state index >= 15 is 0 Å². The molecular formula is C40H81. The monoisotopic (exact) mass is 562 g/mol. The fraction of sp³-hybridized carbons (Fsp3) is 0.975. The van der Waals surface area contributed by atoms with E-state index in [4.69, 9.17) is 0 Å². The Balaban J connectivity index is 3.01. The minimum atomic E-state index is 1.37. The van der Waals surface area contributed by atoms with Gasteiger partial charge in [-0.25, -0.2) is 0 Å². The van der Waals surface area contributed by atoms with Crippen LogP contribution in [0.25, 0.3) is 0 Å². The summed E-state index contributed by atoms with van der Waals surface area (Å²) in [4.78, 5) is 0. The maximum atomic E-state index is 2.59. The summed E-state index contributed by atoms with van der Waals surface area (Å²) in [7, 11) is 0. The van der Waals surface area contributed by atoms with E-state index in [1.165, 1.54) is 238 Å². The topological polar surface area (TPSA) is 0 Å². The van der Waals surface area contributed by atoms with Crippen molar-refractivity contribution in [2.75, 3.05) is 0 Å². The molecule has 0 saturated heterocycles.